The molecule has 0 bridgehead atoms. The Morgan fingerprint density at radius 3 is 1.89 bits per heavy atom. The van der Waals surface area contributed by atoms with E-state index in [1.807, 2.05) is 24.3 Å². The number of benzene rings is 8. The van der Waals surface area contributed by atoms with Gasteiger partial charge in [0.05, 0.1) is 0 Å². The Hall–Kier alpha value is -6.91. The van der Waals surface area contributed by atoms with Crippen LogP contribution < -0.4 is 0 Å². The highest BCUT2D eigenvalue weighted by Gasteiger charge is 2.39. The van der Waals surface area contributed by atoms with Gasteiger partial charge in [-0.15, -0.1) is 0 Å². The second kappa shape index (κ2) is 11.3. The molecule has 2 aliphatic carbocycles. The molecule has 2 aliphatic rings. The highest BCUT2D eigenvalue weighted by molar-refractivity contribution is 6.18. The summed E-state index contributed by atoms with van der Waals surface area (Å²) in [6, 6.07) is 54.3. The fourth-order valence-corrected chi connectivity index (χ4v) is 10.1. The summed E-state index contributed by atoms with van der Waals surface area (Å²) in [4.78, 5) is 15.9. The third-order valence-electron chi connectivity index (χ3n) is 12.9. The first-order valence-corrected chi connectivity index (χ1v) is 19.8. The molecule has 2 aromatic heterocycles. The Kier molecular flexibility index (Phi) is 6.43. The molecule has 12 rings (SSSR count). The molecule has 0 saturated carbocycles. The largest absolute Gasteiger partial charge is 0.455 e. The van der Waals surface area contributed by atoms with Crippen molar-refractivity contribution in [2.24, 2.45) is 0 Å². The van der Waals surface area contributed by atoms with Gasteiger partial charge in [-0.2, -0.15) is 0 Å². The summed E-state index contributed by atoms with van der Waals surface area (Å²) in [5.74, 6) is 1.89. The molecule has 57 heavy (non-hydrogen) atoms. The number of rotatable bonds is 3. The molecule has 0 atom stereocenters. The maximum Gasteiger partial charge on any atom is 0.164 e. The summed E-state index contributed by atoms with van der Waals surface area (Å²) in [5.41, 5.74) is 14.5. The van der Waals surface area contributed by atoms with Crippen molar-refractivity contribution in [3.63, 3.8) is 0 Å². The third kappa shape index (κ3) is 4.41. The summed E-state index contributed by atoms with van der Waals surface area (Å²) in [6.07, 6.45) is 0. The van der Waals surface area contributed by atoms with Crippen molar-refractivity contribution >= 4 is 43.5 Å². The Morgan fingerprint density at radius 1 is 0.421 bits per heavy atom. The van der Waals surface area contributed by atoms with Gasteiger partial charge < -0.3 is 4.42 Å². The average molecular weight is 732 g/mol. The molecule has 0 unspecified atom stereocenters. The molecule has 270 valence electrons. The molecule has 0 radical (unpaired) electrons. The minimum absolute atomic E-state index is 0.112. The minimum atomic E-state index is -0.249. The lowest BCUT2D eigenvalue weighted by Crippen LogP contribution is -2.15. The van der Waals surface area contributed by atoms with Crippen LogP contribution in [0.15, 0.2) is 156 Å². The number of aromatic nitrogens is 3. The monoisotopic (exact) mass is 731 g/mol. The Morgan fingerprint density at radius 2 is 1.07 bits per heavy atom. The van der Waals surface area contributed by atoms with E-state index < -0.39 is 0 Å². The summed E-state index contributed by atoms with van der Waals surface area (Å²) in [7, 11) is 0. The van der Waals surface area contributed by atoms with Gasteiger partial charge in [0.2, 0.25) is 0 Å². The van der Waals surface area contributed by atoms with E-state index in [-0.39, 0.29) is 10.8 Å². The fraction of sp³-hybridized carbons (Fsp3) is 0.113. The Bertz CT molecular complexity index is 3350. The van der Waals surface area contributed by atoms with Crippen LogP contribution in [0.25, 0.3) is 99.9 Å². The molecule has 10 aromatic rings. The predicted molar refractivity (Wildman–Crippen MR) is 234 cm³/mol. The molecule has 4 nitrogen and oxygen atoms in total. The Labute approximate surface area is 330 Å². The van der Waals surface area contributed by atoms with Gasteiger partial charge in [-0.3, -0.25) is 0 Å². The first-order chi connectivity index (χ1) is 27.8. The lowest BCUT2D eigenvalue weighted by atomic mass is 9.80. The van der Waals surface area contributed by atoms with Crippen LogP contribution in [0.1, 0.15) is 49.9 Å². The van der Waals surface area contributed by atoms with Gasteiger partial charge in [0.25, 0.3) is 0 Å². The number of para-hydroxylation sites is 1. The number of nitrogens with zero attached hydrogens (tertiary/aromatic N) is 3. The van der Waals surface area contributed by atoms with Crippen LogP contribution in [0, 0.1) is 0 Å². The molecule has 4 heteroatoms. The molecule has 0 aliphatic heterocycles. The van der Waals surface area contributed by atoms with E-state index in [1.54, 1.807) is 0 Å². The van der Waals surface area contributed by atoms with E-state index in [0.29, 0.717) is 17.5 Å². The SMILES string of the molecule is CC1(C)c2ccccc2-c2c1cc(-c1nc(-c3ccccc3)nc(-c3ccc4ccc5c6c(ccc5c4c3)-c3ccccc3C6(C)C)n1)c1c2oc2ccccc21. The number of furan rings is 1. The highest BCUT2D eigenvalue weighted by Crippen LogP contribution is 2.55. The third-order valence-corrected chi connectivity index (χ3v) is 12.9. The standard InChI is InChI=1S/C53H37N3O/c1-52(2)42-20-12-9-17-37(42)46-43(52)29-40(45-38-18-10-13-21-44(38)57-48(45)46)51-55-49(31-14-6-5-7-15-31)54-50(56-51)32-23-22-30-24-25-35-33(39(30)28-32)26-27-36-34-16-8-11-19-41(34)53(3,4)47(35)36/h5-29H,1-4H3. The van der Waals surface area contributed by atoms with Crippen LogP contribution in [-0.2, 0) is 10.8 Å². The number of fused-ring (bicyclic) bond motifs is 14. The van der Waals surface area contributed by atoms with E-state index in [4.69, 9.17) is 19.4 Å². The number of hydrogen-bond donors (Lipinski definition) is 0. The van der Waals surface area contributed by atoms with Crippen LogP contribution in [0.2, 0.25) is 0 Å². The molecule has 8 aromatic carbocycles. The van der Waals surface area contributed by atoms with Gasteiger partial charge in [0.1, 0.15) is 11.2 Å². The second-order valence-corrected chi connectivity index (χ2v) is 16.7. The van der Waals surface area contributed by atoms with Crippen molar-refractivity contribution in [2.75, 3.05) is 0 Å². The lowest BCUT2D eigenvalue weighted by molar-refractivity contribution is 0.653. The van der Waals surface area contributed by atoms with E-state index in [1.165, 1.54) is 60.5 Å². The second-order valence-electron chi connectivity index (χ2n) is 16.7. The fourth-order valence-electron chi connectivity index (χ4n) is 10.1. The molecule has 0 saturated heterocycles. The van der Waals surface area contributed by atoms with Crippen LogP contribution in [0.4, 0.5) is 0 Å². The normalized spacial score (nSPS) is 14.6. The van der Waals surface area contributed by atoms with Crippen molar-refractivity contribution in [1.29, 1.82) is 0 Å². The lowest BCUT2D eigenvalue weighted by Gasteiger charge is -2.23. The van der Waals surface area contributed by atoms with Crippen LogP contribution in [0.3, 0.4) is 0 Å². The van der Waals surface area contributed by atoms with Crippen molar-refractivity contribution in [3.05, 3.63) is 174 Å². The van der Waals surface area contributed by atoms with Crippen molar-refractivity contribution in [1.82, 2.24) is 15.0 Å². The quantitative estimate of drug-likeness (QED) is 0.170. The Balaban J connectivity index is 1.12. The van der Waals surface area contributed by atoms with E-state index >= 15 is 0 Å². The molecule has 0 spiro atoms. The summed E-state index contributed by atoms with van der Waals surface area (Å²) < 4.78 is 6.82. The molecule has 0 fully saturated rings. The van der Waals surface area contributed by atoms with Gasteiger partial charge in [0, 0.05) is 43.9 Å². The van der Waals surface area contributed by atoms with Gasteiger partial charge in [-0.1, -0.05) is 161 Å². The zero-order chi connectivity index (χ0) is 38.2. The van der Waals surface area contributed by atoms with Gasteiger partial charge in [-0.05, 0) is 78.7 Å². The average Bonchev–Trinajstić information content (AvgIpc) is 3.83. The molecular weight excluding hydrogens is 695 g/mol. The first kappa shape index (κ1) is 32.3. The van der Waals surface area contributed by atoms with Crippen molar-refractivity contribution in [2.45, 2.75) is 38.5 Å². The smallest absolute Gasteiger partial charge is 0.164 e. The minimum Gasteiger partial charge on any atom is -0.455 e. The van der Waals surface area contributed by atoms with Crippen LogP contribution in [-0.4, -0.2) is 15.0 Å². The predicted octanol–water partition coefficient (Wildman–Crippen LogP) is 13.7. The molecular formula is C53H37N3O. The summed E-state index contributed by atoms with van der Waals surface area (Å²) >= 11 is 0. The van der Waals surface area contributed by atoms with Gasteiger partial charge in [-0.25, -0.2) is 15.0 Å². The topological polar surface area (TPSA) is 51.8 Å². The number of hydrogen-bond acceptors (Lipinski definition) is 4. The highest BCUT2D eigenvalue weighted by atomic mass is 16.3. The summed E-state index contributed by atoms with van der Waals surface area (Å²) in [6.45, 7) is 9.32. The summed E-state index contributed by atoms with van der Waals surface area (Å²) in [5, 5.41) is 6.96. The van der Waals surface area contributed by atoms with Crippen LogP contribution >= 0.6 is 0 Å². The zero-order valence-corrected chi connectivity index (χ0v) is 32.2. The molecule has 2 heterocycles. The maximum absolute atomic E-state index is 6.82. The maximum atomic E-state index is 6.82. The van der Waals surface area contributed by atoms with Crippen molar-refractivity contribution < 1.29 is 4.42 Å². The van der Waals surface area contributed by atoms with Gasteiger partial charge in [0.15, 0.2) is 17.5 Å². The first-order valence-electron chi connectivity index (χ1n) is 19.8. The zero-order valence-electron chi connectivity index (χ0n) is 32.2. The molecule has 0 N–H and O–H groups in total. The van der Waals surface area contributed by atoms with Crippen LogP contribution in [0.5, 0.6) is 0 Å². The van der Waals surface area contributed by atoms with Crippen molar-refractivity contribution in [3.8, 4) is 56.4 Å². The molecule has 0 amide bonds. The van der Waals surface area contributed by atoms with E-state index in [2.05, 4.69) is 155 Å². The van der Waals surface area contributed by atoms with E-state index in [9.17, 15) is 0 Å². The van der Waals surface area contributed by atoms with E-state index in [0.717, 1.165) is 44.2 Å². The van der Waals surface area contributed by atoms with Gasteiger partial charge >= 0.3 is 0 Å².